The molecular formula is C15H24N2O. The van der Waals surface area contributed by atoms with Gasteiger partial charge in [-0.25, -0.2) is 0 Å². The molecule has 18 heavy (non-hydrogen) atoms. The maximum Gasteiger partial charge on any atom is 0.0590 e. The fourth-order valence-electron chi connectivity index (χ4n) is 2.92. The Hall–Kier alpha value is -0.900. The molecule has 0 saturated carbocycles. The highest BCUT2D eigenvalue weighted by Gasteiger charge is 2.31. The highest BCUT2D eigenvalue weighted by atomic mass is 16.3. The van der Waals surface area contributed by atoms with Gasteiger partial charge in [-0.3, -0.25) is 4.90 Å². The van der Waals surface area contributed by atoms with E-state index >= 15 is 0 Å². The van der Waals surface area contributed by atoms with Crippen molar-refractivity contribution < 1.29 is 5.11 Å². The number of piperidine rings is 1. The van der Waals surface area contributed by atoms with Crippen LogP contribution in [0.1, 0.15) is 31.9 Å². The molecule has 1 aromatic carbocycles. The van der Waals surface area contributed by atoms with Gasteiger partial charge in [0.05, 0.1) is 6.10 Å². The second-order valence-electron chi connectivity index (χ2n) is 5.54. The zero-order valence-corrected chi connectivity index (χ0v) is 11.3. The van der Waals surface area contributed by atoms with Crippen LogP contribution in [0.2, 0.25) is 0 Å². The van der Waals surface area contributed by atoms with E-state index < -0.39 is 0 Å². The third-order valence-corrected chi connectivity index (χ3v) is 3.92. The summed E-state index contributed by atoms with van der Waals surface area (Å²) in [4.78, 5) is 2.41. The molecular weight excluding hydrogens is 224 g/mol. The lowest BCUT2D eigenvalue weighted by Gasteiger charge is -2.41. The van der Waals surface area contributed by atoms with Crippen LogP contribution in [-0.4, -0.2) is 35.2 Å². The molecule has 0 bridgehead atoms. The summed E-state index contributed by atoms with van der Waals surface area (Å²) in [6.07, 6.45) is 0.683. The van der Waals surface area contributed by atoms with Crippen LogP contribution in [0.3, 0.4) is 0 Å². The second-order valence-corrected chi connectivity index (χ2v) is 5.54. The molecule has 0 aromatic heterocycles. The monoisotopic (exact) mass is 248 g/mol. The molecule has 0 amide bonds. The van der Waals surface area contributed by atoms with Gasteiger partial charge < -0.3 is 10.8 Å². The first-order chi connectivity index (χ1) is 8.59. The topological polar surface area (TPSA) is 49.5 Å². The van der Waals surface area contributed by atoms with Gasteiger partial charge in [0.1, 0.15) is 0 Å². The standard InChI is InChI=1S/C15H24N2O/c1-11-10-17(9-8-14(11)18)15(12(2)16)13-6-4-3-5-7-13/h3-7,11-12,14-15,18H,8-10,16H2,1-2H3. The summed E-state index contributed by atoms with van der Waals surface area (Å²) in [6.45, 7) is 6.02. The first-order valence-electron chi connectivity index (χ1n) is 6.82. The van der Waals surface area contributed by atoms with E-state index in [1.54, 1.807) is 0 Å². The minimum atomic E-state index is -0.161. The molecule has 3 N–H and O–H groups in total. The number of hydrogen-bond acceptors (Lipinski definition) is 3. The maximum absolute atomic E-state index is 9.83. The molecule has 4 unspecified atom stereocenters. The smallest absolute Gasteiger partial charge is 0.0590 e. The third kappa shape index (κ3) is 2.91. The van der Waals surface area contributed by atoms with Crippen LogP contribution < -0.4 is 5.73 Å². The molecule has 2 rings (SSSR count). The quantitative estimate of drug-likeness (QED) is 0.857. The fourth-order valence-corrected chi connectivity index (χ4v) is 2.92. The molecule has 1 saturated heterocycles. The third-order valence-electron chi connectivity index (χ3n) is 3.92. The summed E-state index contributed by atoms with van der Waals surface area (Å²) >= 11 is 0. The molecule has 0 spiro atoms. The Morgan fingerprint density at radius 3 is 2.56 bits per heavy atom. The van der Waals surface area contributed by atoms with Crippen LogP contribution in [0, 0.1) is 5.92 Å². The first kappa shape index (κ1) is 13.5. The van der Waals surface area contributed by atoms with Crippen molar-refractivity contribution in [2.24, 2.45) is 11.7 Å². The number of benzene rings is 1. The van der Waals surface area contributed by atoms with Gasteiger partial charge in [-0.1, -0.05) is 37.3 Å². The Morgan fingerprint density at radius 2 is 2.00 bits per heavy atom. The van der Waals surface area contributed by atoms with Crippen LogP contribution in [0.15, 0.2) is 30.3 Å². The van der Waals surface area contributed by atoms with Crippen molar-refractivity contribution in [1.29, 1.82) is 0 Å². The zero-order chi connectivity index (χ0) is 13.1. The number of nitrogens with two attached hydrogens (primary N) is 1. The number of likely N-dealkylation sites (tertiary alicyclic amines) is 1. The number of nitrogens with zero attached hydrogens (tertiary/aromatic N) is 1. The molecule has 100 valence electrons. The lowest BCUT2D eigenvalue weighted by Crippen LogP contribution is -2.48. The number of hydrogen-bond donors (Lipinski definition) is 2. The van der Waals surface area contributed by atoms with Crippen LogP contribution in [0.5, 0.6) is 0 Å². The van der Waals surface area contributed by atoms with Crippen molar-refractivity contribution in [2.75, 3.05) is 13.1 Å². The van der Waals surface area contributed by atoms with E-state index in [-0.39, 0.29) is 18.2 Å². The summed E-state index contributed by atoms with van der Waals surface area (Å²) in [5.74, 6) is 0.323. The Balaban J connectivity index is 2.16. The van der Waals surface area contributed by atoms with Gasteiger partial charge in [-0.15, -0.1) is 0 Å². The van der Waals surface area contributed by atoms with Crippen LogP contribution in [0.25, 0.3) is 0 Å². The molecule has 1 aliphatic heterocycles. The Morgan fingerprint density at radius 1 is 1.33 bits per heavy atom. The summed E-state index contributed by atoms with van der Waals surface area (Å²) < 4.78 is 0. The molecule has 1 fully saturated rings. The van der Waals surface area contributed by atoms with Crippen LogP contribution in [-0.2, 0) is 0 Å². The van der Waals surface area contributed by atoms with Crippen molar-refractivity contribution in [2.45, 2.75) is 38.5 Å². The van der Waals surface area contributed by atoms with E-state index in [1.807, 2.05) is 6.07 Å². The molecule has 1 aliphatic rings. The first-order valence-corrected chi connectivity index (χ1v) is 6.82. The fraction of sp³-hybridized carbons (Fsp3) is 0.600. The predicted molar refractivity (Wildman–Crippen MR) is 74.2 cm³/mol. The number of rotatable bonds is 3. The maximum atomic E-state index is 9.83. The summed E-state index contributed by atoms with van der Waals surface area (Å²) in [5, 5.41) is 9.83. The van der Waals surface area contributed by atoms with Gasteiger partial charge in [-0.05, 0) is 24.8 Å². The number of aliphatic hydroxyl groups excluding tert-OH is 1. The highest BCUT2D eigenvalue weighted by molar-refractivity contribution is 5.20. The number of aliphatic hydroxyl groups is 1. The van der Waals surface area contributed by atoms with Crippen molar-refractivity contribution in [3.05, 3.63) is 35.9 Å². The Kier molecular flexibility index (Phi) is 4.38. The van der Waals surface area contributed by atoms with Crippen molar-refractivity contribution in [3.8, 4) is 0 Å². The van der Waals surface area contributed by atoms with Crippen molar-refractivity contribution in [3.63, 3.8) is 0 Å². The van der Waals surface area contributed by atoms with E-state index in [0.29, 0.717) is 5.92 Å². The Bertz CT molecular complexity index is 366. The van der Waals surface area contributed by atoms with Gasteiger partial charge in [0.15, 0.2) is 0 Å². The SMILES string of the molecule is CC(N)C(c1ccccc1)N1CCC(O)C(C)C1. The summed E-state index contributed by atoms with van der Waals surface area (Å²) in [7, 11) is 0. The van der Waals surface area contributed by atoms with Crippen LogP contribution >= 0.6 is 0 Å². The largest absolute Gasteiger partial charge is 0.393 e. The molecule has 3 heteroatoms. The van der Waals surface area contributed by atoms with Gasteiger partial charge in [0, 0.05) is 25.2 Å². The molecule has 3 nitrogen and oxygen atoms in total. The zero-order valence-electron chi connectivity index (χ0n) is 11.3. The molecule has 0 aliphatic carbocycles. The molecule has 1 aromatic rings. The molecule has 0 radical (unpaired) electrons. The second kappa shape index (κ2) is 5.83. The van der Waals surface area contributed by atoms with Gasteiger partial charge in [0.25, 0.3) is 0 Å². The highest BCUT2D eigenvalue weighted by Crippen LogP contribution is 2.28. The summed E-state index contributed by atoms with van der Waals surface area (Å²) in [5.41, 5.74) is 7.45. The van der Waals surface area contributed by atoms with E-state index in [2.05, 4.69) is 43.0 Å². The van der Waals surface area contributed by atoms with E-state index in [4.69, 9.17) is 5.73 Å². The van der Waals surface area contributed by atoms with E-state index in [0.717, 1.165) is 19.5 Å². The van der Waals surface area contributed by atoms with Gasteiger partial charge in [-0.2, -0.15) is 0 Å². The van der Waals surface area contributed by atoms with Gasteiger partial charge >= 0.3 is 0 Å². The van der Waals surface area contributed by atoms with Crippen molar-refractivity contribution in [1.82, 2.24) is 4.90 Å². The lowest BCUT2D eigenvalue weighted by atomic mass is 9.91. The molecule has 4 atom stereocenters. The minimum absolute atomic E-state index is 0.0924. The normalized spacial score (nSPS) is 28.9. The van der Waals surface area contributed by atoms with Crippen molar-refractivity contribution >= 4 is 0 Å². The average Bonchev–Trinajstić information content (AvgIpc) is 2.35. The van der Waals surface area contributed by atoms with Gasteiger partial charge in [0.2, 0.25) is 0 Å². The predicted octanol–water partition coefficient (Wildman–Crippen LogP) is 1.78. The lowest BCUT2D eigenvalue weighted by molar-refractivity contribution is 0.0126. The minimum Gasteiger partial charge on any atom is -0.393 e. The van der Waals surface area contributed by atoms with E-state index in [1.165, 1.54) is 5.56 Å². The Labute approximate surface area is 110 Å². The van der Waals surface area contributed by atoms with Crippen LogP contribution in [0.4, 0.5) is 0 Å². The molecule has 1 heterocycles. The van der Waals surface area contributed by atoms with E-state index in [9.17, 15) is 5.11 Å². The average molecular weight is 248 g/mol. The summed E-state index contributed by atoms with van der Waals surface area (Å²) in [6, 6.07) is 10.8.